The number of hydrogen-bond donors (Lipinski definition) is 2. The summed E-state index contributed by atoms with van der Waals surface area (Å²) in [5.41, 5.74) is 3.15. The van der Waals surface area contributed by atoms with Crippen molar-refractivity contribution in [2.24, 2.45) is 0 Å². The second-order valence-corrected chi connectivity index (χ2v) is 6.67. The number of furan rings is 1. The number of benzene rings is 2. The highest BCUT2D eigenvalue weighted by Gasteiger charge is 2.06. The molecule has 0 aliphatic rings. The second kappa shape index (κ2) is 11.4. The van der Waals surface area contributed by atoms with Crippen molar-refractivity contribution in [1.29, 1.82) is 0 Å². The fraction of sp³-hybridized carbons (Fsp3) is 0.348. The van der Waals surface area contributed by atoms with Crippen molar-refractivity contribution in [3.63, 3.8) is 0 Å². The average molecular weight is 396 g/mol. The Morgan fingerprint density at radius 1 is 0.966 bits per heavy atom. The molecule has 0 saturated heterocycles. The first kappa shape index (κ1) is 21.0. The van der Waals surface area contributed by atoms with E-state index in [9.17, 15) is 4.79 Å². The fourth-order valence-electron chi connectivity index (χ4n) is 2.92. The van der Waals surface area contributed by atoms with E-state index in [1.807, 2.05) is 30.3 Å². The SMILES string of the molecule is CNC(=O)CCOCCOCCNCc1ccc2cc(-c3ccccc3)oc2c1. The quantitative estimate of drug-likeness (QED) is 0.459. The molecule has 1 amide bonds. The van der Waals surface area contributed by atoms with Crippen molar-refractivity contribution in [3.8, 4) is 11.3 Å². The van der Waals surface area contributed by atoms with Crippen LogP contribution in [0.15, 0.2) is 59.0 Å². The monoisotopic (exact) mass is 396 g/mol. The molecule has 2 N–H and O–H groups in total. The first-order valence-corrected chi connectivity index (χ1v) is 9.91. The third kappa shape index (κ3) is 6.71. The van der Waals surface area contributed by atoms with Gasteiger partial charge in [0.05, 0.1) is 26.4 Å². The van der Waals surface area contributed by atoms with Gasteiger partial charge in [0.25, 0.3) is 0 Å². The van der Waals surface area contributed by atoms with E-state index in [2.05, 4.69) is 34.9 Å². The Bertz CT molecular complexity index is 892. The molecule has 0 radical (unpaired) electrons. The van der Waals surface area contributed by atoms with Crippen LogP contribution in [0.2, 0.25) is 0 Å². The van der Waals surface area contributed by atoms with Gasteiger partial charge in [-0.3, -0.25) is 4.79 Å². The minimum atomic E-state index is -0.0147. The van der Waals surface area contributed by atoms with E-state index in [0.717, 1.165) is 35.4 Å². The Hall–Kier alpha value is -2.67. The van der Waals surface area contributed by atoms with E-state index >= 15 is 0 Å². The summed E-state index contributed by atoms with van der Waals surface area (Å²) in [6.07, 6.45) is 0.380. The first-order chi connectivity index (χ1) is 14.3. The van der Waals surface area contributed by atoms with Crippen molar-refractivity contribution in [2.45, 2.75) is 13.0 Å². The van der Waals surface area contributed by atoms with Crippen LogP contribution in [0, 0.1) is 0 Å². The predicted molar refractivity (Wildman–Crippen MR) is 114 cm³/mol. The molecule has 0 aliphatic heterocycles. The van der Waals surface area contributed by atoms with Gasteiger partial charge in [0.1, 0.15) is 11.3 Å². The lowest BCUT2D eigenvalue weighted by Gasteiger charge is -2.07. The Morgan fingerprint density at radius 2 is 1.76 bits per heavy atom. The molecule has 0 saturated carbocycles. The second-order valence-electron chi connectivity index (χ2n) is 6.67. The summed E-state index contributed by atoms with van der Waals surface area (Å²) < 4.78 is 16.9. The van der Waals surface area contributed by atoms with Gasteiger partial charge in [-0.15, -0.1) is 0 Å². The molecular formula is C23H28N2O4. The number of fused-ring (bicyclic) bond motifs is 1. The molecule has 154 valence electrons. The van der Waals surface area contributed by atoms with E-state index in [4.69, 9.17) is 13.9 Å². The van der Waals surface area contributed by atoms with Crippen molar-refractivity contribution < 1.29 is 18.7 Å². The van der Waals surface area contributed by atoms with Crippen LogP contribution in [-0.4, -0.2) is 45.9 Å². The molecule has 0 atom stereocenters. The summed E-state index contributed by atoms with van der Waals surface area (Å²) in [5, 5.41) is 7.03. The minimum absolute atomic E-state index is 0.0147. The Balaban J connectivity index is 1.33. The number of amides is 1. The third-order valence-electron chi connectivity index (χ3n) is 4.52. The maximum atomic E-state index is 11.0. The molecule has 6 nitrogen and oxygen atoms in total. The number of nitrogens with one attached hydrogen (secondary N) is 2. The first-order valence-electron chi connectivity index (χ1n) is 9.91. The van der Waals surface area contributed by atoms with Gasteiger partial charge < -0.3 is 24.5 Å². The molecule has 0 aliphatic carbocycles. The Morgan fingerprint density at radius 3 is 2.55 bits per heavy atom. The number of ether oxygens (including phenoxy) is 2. The summed E-state index contributed by atoms with van der Waals surface area (Å²) in [4.78, 5) is 11.0. The molecule has 6 heteroatoms. The summed E-state index contributed by atoms with van der Waals surface area (Å²) in [5.74, 6) is 0.871. The van der Waals surface area contributed by atoms with Crippen LogP contribution in [0.25, 0.3) is 22.3 Å². The fourth-order valence-corrected chi connectivity index (χ4v) is 2.92. The molecule has 1 aromatic heterocycles. The number of carbonyl (C=O) groups excluding carboxylic acids is 1. The molecule has 3 rings (SSSR count). The molecule has 0 bridgehead atoms. The zero-order chi connectivity index (χ0) is 20.3. The lowest BCUT2D eigenvalue weighted by Crippen LogP contribution is -2.21. The molecule has 29 heavy (non-hydrogen) atoms. The highest BCUT2D eigenvalue weighted by molar-refractivity contribution is 5.83. The van der Waals surface area contributed by atoms with Crippen LogP contribution in [0.4, 0.5) is 0 Å². The molecule has 2 aromatic carbocycles. The van der Waals surface area contributed by atoms with Gasteiger partial charge in [-0.25, -0.2) is 0 Å². The largest absolute Gasteiger partial charge is 0.456 e. The normalized spacial score (nSPS) is 11.1. The highest BCUT2D eigenvalue weighted by atomic mass is 16.5. The lowest BCUT2D eigenvalue weighted by molar-refractivity contribution is -0.121. The van der Waals surface area contributed by atoms with Crippen LogP contribution in [0.1, 0.15) is 12.0 Å². The average Bonchev–Trinajstić information content (AvgIpc) is 3.19. The topological polar surface area (TPSA) is 72.7 Å². The maximum absolute atomic E-state index is 11.0. The van der Waals surface area contributed by atoms with E-state index in [1.54, 1.807) is 7.05 Å². The standard InChI is InChI=1S/C23H28N2O4/c1-24-23(26)9-11-27-13-14-28-12-10-25-17-18-7-8-20-16-22(29-21(20)15-18)19-5-3-2-4-6-19/h2-8,15-16,25H,9-14,17H2,1H3,(H,24,26). The van der Waals surface area contributed by atoms with Gasteiger partial charge >= 0.3 is 0 Å². The molecule has 0 fully saturated rings. The smallest absolute Gasteiger partial charge is 0.222 e. The molecular weight excluding hydrogens is 368 g/mol. The summed E-state index contributed by atoms with van der Waals surface area (Å²) in [6, 6.07) is 18.5. The molecule has 3 aromatic rings. The summed E-state index contributed by atoms with van der Waals surface area (Å²) in [6.45, 7) is 3.56. The number of hydrogen-bond acceptors (Lipinski definition) is 5. The Kier molecular flexibility index (Phi) is 8.25. The zero-order valence-electron chi connectivity index (χ0n) is 16.8. The maximum Gasteiger partial charge on any atom is 0.222 e. The third-order valence-corrected chi connectivity index (χ3v) is 4.52. The van der Waals surface area contributed by atoms with E-state index in [-0.39, 0.29) is 5.91 Å². The van der Waals surface area contributed by atoms with E-state index in [1.165, 1.54) is 5.56 Å². The number of carbonyl (C=O) groups is 1. The van der Waals surface area contributed by atoms with Crippen molar-refractivity contribution in [2.75, 3.05) is 40.0 Å². The number of rotatable bonds is 12. The van der Waals surface area contributed by atoms with Gasteiger partial charge in [0, 0.05) is 37.5 Å². The van der Waals surface area contributed by atoms with Gasteiger partial charge in [-0.1, -0.05) is 42.5 Å². The summed E-state index contributed by atoms with van der Waals surface area (Å²) >= 11 is 0. The van der Waals surface area contributed by atoms with Crippen molar-refractivity contribution in [1.82, 2.24) is 10.6 Å². The van der Waals surface area contributed by atoms with Crippen LogP contribution in [0.3, 0.4) is 0 Å². The van der Waals surface area contributed by atoms with Gasteiger partial charge in [0.2, 0.25) is 5.91 Å². The predicted octanol–water partition coefficient (Wildman–Crippen LogP) is 3.36. The highest BCUT2D eigenvalue weighted by Crippen LogP contribution is 2.28. The van der Waals surface area contributed by atoms with Gasteiger partial charge in [0.15, 0.2) is 0 Å². The van der Waals surface area contributed by atoms with Crippen molar-refractivity contribution in [3.05, 3.63) is 60.2 Å². The van der Waals surface area contributed by atoms with Crippen molar-refractivity contribution >= 4 is 16.9 Å². The Labute approximate surface area is 171 Å². The van der Waals surface area contributed by atoms with Crippen LogP contribution in [-0.2, 0) is 20.8 Å². The molecule has 0 unspecified atom stereocenters. The van der Waals surface area contributed by atoms with Gasteiger partial charge in [-0.2, -0.15) is 0 Å². The van der Waals surface area contributed by atoms with Gasteiger partial charge in [-0.05, 0) is 17.7 Å². The molecule has 0 spiro atoms. The molecule has 1 heterocycles. The van der Waals surface area contributed by atoms with Crippen LogP contribution < -0.4 is 10.6 Å². The van der Waals surface area contributed by atoms with E-state index in [0.29, 0.717) is 32.8 Å². The zero-order valence-corrected chi connectivity index (χ0v) is 16.8. The van der Waals surface area contributed by atoms with Crippen LogP contribution in [0.5, 0.6) is 0 Å². The van der Waals surface area contributed by atoms with E-state index < -0.39 is 0 Å². The minimum Gasteiger partial charge on any atom is -0.456 e. The lowest BCUT2D eigenvalue weighted by atomic mass is 10.1. The summed E-state index contributed by atoms with van der Waals surface area (Å²) in [7, 11) is 1.62. The van der Waals surface area contributed by atoms with Crippen LogP contribution >= 0.6 is 0 Å².